The van der Waals surface area contributed by atoms with Crippen LogP contribution in [0.3, 0.4) is 0 Å². The molecular formula is C11H20O4. The zero-order valence-corrected chi connectivity index (χ0v) is 9.96. The molecule has 0 N–H and O–H groups in total. The first-order chi connectivity index (χ1) is 7.12. The fourth-order valence-electron chi connectivity index (χ4n) is 2.16. The van der Waals surface area contributed by atoms with Gasteiger partial charge in [-0.2, -0.15) is 0 Å². The van der Waals surface area contributed by atoms with Crippen molar-refractivity contribution < 1.29 is 19.0 Å². The van der Waals surface area contributed by atoms with Gasteiger partial charge in [0, 0.05) is 7.11 Å². The minimum absolute atomic E-state index is 0.258. The van der Waals surface area contributed by atoms with Crippen molar-refractivity contribution >= 4 is 5.97 Å². The largest absolute Gasteiger partial charge is 0.464 e. The minimum Gasteiger partial charge on any atom is -0.464 e. The van der Waals surface area contributed by atoms with E-state index in [0.29, 0.717) is 19.6 Å². The summed E-state index contributed by atoms with van der Waals surface area (Å²) in [6, 6.07) is 0. The second-order valence-corrected chi connectivity index (χ2v) is 3.78. The van der Waals surface area contributed by atoms with E-state index in [1.165, 1.54) is 0 Å². The maximum absolute atomic E-state index is 11.8. The summed E-state index contributed by atoms with van der Waals surface area (Å²) in [4.78, 5) is 11.8. The highest BCUT2D eigenvalue weighted by atomic mass is 16.7. The van der Waals surface area contributed by atoms with Crippen LogP contribution in [0, 0.1) is 0 Å². The number of hydrogen-bond acceptors (Lipinski definition) is 4. The fraction of sp³-hybridized carbons (Fsp3) is 0.909. The SMILES string of the molecule is CCOC(=O)C1(CC)OC1(CC)COC. The molecular weight excluding hydrogens is 196 g/mol. The van der Waals surface area contributed by atoms with E-state index < -0.39 is 11.2 Å². The van der Waals surface area contributed by atoms with Crippen LogP contribution in [-0.2, 0) is 19.0 Å². The van der Waals surface area contributed by atoms with Crippen molar-refractivity contribution in [2.45, 2.75) is 44.8 Å². The van der Waals surface area contributed by atoms with E-state index in [0.717, 1.165) is 6.42 Å². The van der Waals surface area contributed by atoms with Gasteiger partial charge in [-0.15, -0.1) is 0 Å². The standard InChI is InChI=1S/C11H20O4/c1-5-10(8-13-4)11(6-2,15-10)9(12)14-7-3/h5-8H2,1-4H3. The van der Waals surface area contributed by atoms with Crippen LogP contribution in [0.1, 0.15) is 33.6 Å². The molecule has 1 fully saturated rings. The number of hydrogen-bond donors (Lipinski definition) is 0. The smallest absolute Gasteiger partial charge is 0.341 e. The molecule has 0 spiro atoms. The van der Waals surface area contributed by atoms with Gasteiger partial charge in [0.1, 0.15) is 5.60 Å². The quantitative estimate of drug-likeness (QED) is 0.499. The van der Waals surface area contributed by atoms with Gasteiger partial charge in [-0.3, -0.25) is 0 Å². The average molecular weight is 216 g/mol. The lowest BCUT2D eigenvalue weighted by atomic mass is 9.88. The van der Waals surface area contributed by atoms with E-state index >= 15 is 0 Å². The lowest BCUT2D eigenvalue weighted by Crippen LogP contribution is -2.37. The summed E-state index contributed by atoms with van der Waals surface area (Å²) in [6.45, 7) is 6.56. The molecule has 1 aliphatic heterocycles. The number of esters is 1. The molecule has 2 unspecified atom stereocenters. The number of methoxy groups -OCH3 is 1. The molecule has 0 aromatic carbocycles. The van der Waals surface area contributed by atoms with Crippen molar-refractivity contribution in [1.29, 1.82) is 0 Å². The highest BCUT2D eigenvalue weighted by molar-refractivity contribution is 5.85. The van der Waals surface area contributed by atoms with Crippen molar-refractivity contribution in [2.75, 3.05) is 20.3 Å². The summed E-state index contributed by atoms with van der Waals surface area (Å²) in [6.07, 6.45) is 1.39. The van der Waals surface area contributed by atoms with Gasteiger partial charge in [0.05, 0.1) is 13.2 Å². The Kier molecular flexibility index (Phi) is 3.73. The maximum atomic E-state index is 11.8. The normalized spacial score (nSPS) is 33.9. The summed E-state index contributed by atoms with van der Waals surface area (Å²) in [5.74, 6) is -0.258. The van der Waals surface area contributed by atoms with E-state index in [1.807, 2.05) is 13.8 Å². The van der Waals surface area contributed by atoms with Crippen molar-refractivity contribution in [2.24, 2.45) is 0 Å². The van der Waals surface area contributed by atoms with Gasteiger partial charge in [-0.05, 0) is 19.8 Å². The maximum Gasteiger partial charge on any atom is 0.341 e. The minimum atomic E-state index is -0.770. The molecule has 0 radical (unpaired) electrons. The number of carbonyl (C=O) groups excluding carboxylic acids is 1. The van der Waals surface area contributed by atoms with Gasteiger partial charge in [0.25, 0.3) is 0 Å². The predicted molar refractivity (Wildman–Crippen MR) is 55.6 cm³/mol. The van der Waals surface area contributed by atoms with Crippen LogP contribution in [-0.4, -0.2) is 37.5 Å². The topological polar surface area (TPSA) is 48.1 Å². The summed E-state index contributed by atoms with van der Waals surface area (Å²) >= 11 is 0. The van der Waals surface area contributed by atoms with Gasteiger partial charge in [-0.1, -0.05) is 13.8 Å². The van der Waals surface area contributed by atoms with Crippen LogP contribution >= 0.6 is 0 Å². The zero-order valence-electron chi connectivity index (χ0n) is 9.96. The second kappa shape index (κ2) is 4.49. The first kappa shape index (κ1) is 12.5. The Bertz CT molecular complexity index is 241. The fourth-order valence-corrected chi connectivity index (χ4v) is 2.16. The van der Waals surface area contributed by atoms with Gasteiger partial charge >= 0.3 is 5.97 Å². The summed E-state index contributed by atoms with van der Waals surface area (Å²) in [7, 11) is 1.62. The van der Waals surface area contributed by atoms with E-state index in [4.69, 9.17) is 14.2 Å². The Morgan fingerprint density at radius 3 is 2.33 bits per heavy atom. The molecule has 0 aromatic heterocycles. The first-order valence-corrected chi connectivity index (χ1v) is 5.48. The van der Waals surface area contributed by atoms with Gasteiger partial charge in [0.15, 0.2) is 5.60 Å². The number of ether oxygens (including phenoxy) is 3. The Balaban J connectivity index is 2.77. The predicted octanol–water partition coefficient (Wildman–Crippen LogP) is 1.52. The van der Waals surface area contributed by atoms with Crippen LogP contribution in [0.2, 0.25) is 0 Å². The molecule has 1 saturated heterocycles. The van der Waals surface area contributed by atoms with Gasteiger partial charge in [0.2, 0.25) is 0 Å². The van der Waals surface area contributed by atoms with Gasteiger partial charge < -0.3 is 14.2 Å². The van der Waals surface area contributed by atoms with Crippen LogP contribution in [0.15, 0.2) is 0 Å². The average Bonchev–Trinajstić information content (AvgIpc) is 2.89. The molecule has 2 atom stereocenters. The Morgan fingerprint density at radius 1 is 1.27 bits per heavy atom. The molecule has 88 valence electrons. The Labute approximate surface area is 90.9 Å². The third-order valence-corrected chi connectivity index (χ3v) is 3.12. The van der Waals surface area contributed by atoms with Crippen LogP contribution in [0.4, 0.5) is 0 Å². The molecule has 1 heterocycles. The number of carbonyl (C=O) groups is 1. The highest BCUT2D eigenvalue weighted by Crippen LogP contribution is 2.53. The molecule has 1 aliphatic rings. The van der Waals surface area contributed by atoms with Crippen LogP contribution in [0.25, 0.3) is 0 Å². The summed E-state index contributed by atoms with van der Waals surface area (Å²) in [5, 5.41) is 0. The Morgan fingerprint density at radius 2 is 1.93 bits per heavy atom. The molecule has 0 amide bonds. The van der Waals surface area contributed by atoms with Crippen molar-refractivity contribution in [1.82, 2.24) is 0 Å². The number of epoxide rings is 1. The molecule has 1 rings (SSSR count). The van der Waals surface area contributed by atoms with Crippen molar-refractivity contribution in [3.05, 3.63) is 0 Å². The third-order valence-electron chi connectivity index (χ3n) is 3.12. The van der Waals surface area contributed by atoms with Crippen LogP contribution < -0.4 is 0 Å². The highest BCUT2D eigenvalue weighted by Gasteiger charge is 2.73. The lowest BCUT2D eigenvalue weighted by molar-refractivity contribution is -0.149. The second-order valence-electron chi connectivity index (χ2n) is 3.78. The summed E-state index contributed by atoms with van der Waals surface area (Å²) < 4.78 is 15.8. The zero-order chi connectivity index (χ0) is 11.5. The molecule has 0 saturated carbocycles. The lowest BCUT2D eigenvalue weighted by Gasteiger charge is -2.15. The van der Waals surface area contributed by atoms with Crippen LogP contribution in [0.5, 0.6) is 0 Å². The third kappa shape index (κ3) is 1.76. The number of rotatable bonds is 6. The van der Waals surface area contributed by atoms with E-state index in [1.54, 1.807) is 14.0 Å². The van der Waals surface area contributed by atoms with E-state index in [2.05, 4.69) is 0 Å². The molecule has 4 nitrogen and oxygen atoms in total. The molecule has 0 aromatic rings. The van der Waals surface area contributed by atoms with E-state index in [-0.39, 0.29) is 5.97 Å². The van der Waals surface area contributed by atoms with Crippen molar-refractivity contribution in [3.63, 3.8) is 0 Å². The first-order valence-electron chi connectivity index (χ1n) is 5.48. The molecule has 0 bridgehead atoms. The summed E-state index contributed by atoms with van der Waals surface area (Å²) in [5.41, 5.74) is -1.24. The monoisotopic (exact) mass is 216 g/mol. The molecule has 15 heavy (non-hydrogen) atoms. The van der Waals surface area contributed by atoms with E-state index in [9.17, 15) is 4.79 Å². The molecule has 0 aliphatic carbocycles. The van der Waals surface area contributed by atoms with Gasteiger partial charge in [-0.25, -0.2) is 4.79 Å². The molecule has 4 heteroatoms. The van der Waals surface area contributed by atoms with Crippen molar-refractivity contribution in [3.8, 4) is 0 Å². The Hall–Kier alpha value is -0.610.